The van der Waals surface area contributed by atoms with Gasteiger partial charge in [0.2, 0.25) is 0 Å². The SMILES string of the molecule is COc1cc(OC)c(/C=C(/C(=O)/C(C)=C/c2ccccc2)C(=O)N(Cc2ccccc2)Cc2ccccc2)c(OC)c1. The van der Waals surface area contributed by atoms with Crippen LogP contribution < -0.4 is 14.2 Å². The number of carbonyl (C=O) groups excluding carboxylic acids is 2. The molecule has 214 valence electrons. The topological polar surface area (TPSA) is 65.1 Å². The van der Waals surface area contributed by atoms with Crippen LogP contribution in [-0.4, -0.2) is 37.9 Å². The van der Waals surface area contributed by atoms with Gasteiger partial charge in [-0.15, -0.1) is 0 Å². The minimum atomic E-state index is -0.409. The Hall–Kier alpha value is -5.10. The van der Waals surface area contributed by atoms with E-state index in [-0.39, 0.29) is 5.57 Å². The van der Waals surface area contributed by atoms with Crippen LogP contribution in [0.5, 0.6) is 17.2 Å². The molecule has 0 radical (unpaired) electrons. The summed E-state index contributed by atoms with van der Waals surface area (Å²) in [7, 11) is 4.59. The van der Waals surface area contributed by atoms with Crippen molar-refractivity contribution in [1.82, 2.24) is 4.90 Å². The predicted molar refractivity (Wildman–Crippen MR) is 166 cm³/mol. The predicted octanol–water partition coefficient (Wildman–Crippen LogP) is 7.00. The summed E-state index contributed by atoms with van der Waals surface area (Å²) in [4.78, 5) is 30.3. The first-order chi connectivity index (χ1) is 20.4. The number of Topliss-reactive ketones (excluding diaryl/α,β-unsaturated/α-hetero) is 1. The lowest BCUT2D eigenvalue weighted by Gasteiger charge is -2.25. The highest BCUT2D eigenvalue weighted by molar-refractivity contribution is 6.29. The maximum atomic E-state index is 14.5. The van der Waals surface area contributed by atoms with E-state index in [4.69, 9.17) is 14.2 Å². The first-order valence-electron chi connectivity index (χ1n) is 13.6. The van der Waals surface area contributed by atoms with Crippen molar-refractivity contribution < 1.29 is 23.8 Å². The molecule has 0 atom stereocenters. The molecule has 0 bridgehead atoms. The standard InChI is InChI=1S/C36H35NO5/c1-26(20-27-14-8-5-9-15-27)35(38)32(23-31-33(41-3)21-30(40-2)22-34(31)42-4)36(39)37(24-28-16-10-6-11-17-28)25-29-18-12-7-13-19-29/h5-23H,24-25H2,1-4H3/b26-20+,32-23-. The molecule has 0 saturated carbocycles. The highest BCUT2D eigenvalue weighted by Crippen LogP contribution is 2.36. The largest absolute Gasteiger partial charge is 0.496 e. The number of allylic oxidation sites excluding steroid dienone is 1. The molecular formula is C36H35NO5. The van der Waals surface area contributed by atoms with Crippen LogP contribution in [0.25, 0.3) is 12.2 Å². The summed E-state index contributed by atoms with van der Waals surface area (Å²) in [5.41, 5.74) is 3.64. The van der Waals surface area contributed by atoms with E-state index in [9.17, 15) is 9.59 Å². The number of amides is 1. The van der Waals surface area contributed by atoms with Gasteiger partial charge >= 0.3 is 0 Å². The van der Waals surface area contributed by atoms with Crippen molar-refractivity contribution in [3.8, 4) is 17.2 Å². The summed E-state index contributed by atoms with van der Waals surface area (Å²) in [6, 6.07) is 32.4. The molecule has 4 aromatic rings. The normalized spacial score (nSPS) is 11.5. The minimum Gasteiger partial charge on any atom is -0.496 e. The fourth-order valence-corrected chi connectivity index (χ4v) is 4.60. The molecule has 0 heterocycles. The second-order valence-corrected chi connectivity index (χ2v) is 9.70. The Balaban J connectivity index is 1.86. The van der Waals surface area contributed by atoms with E-state index in [0.29, 0.717) is 41.5 Å². The first-order valence-corrected chi connectivity index (χ1v) is 13.6. The van der Waals surface area contributed by atoms with Crippen molar-refractivity contribution in [2.75, 3.05) is 21.3 Å². The van der Waals surface area contributed by atoms with Crippen molar-refractivity contribution in [3.05, 3.63) is 137 Å². The smallest absolute Gasteiger partial charge is 0.258 e. The van der Waals surface area contributed by atoms with Crippen molar-refractivity contribution in [3.63, 3.8) is 0 Å². The van der Waals surface area contributed by atoms with Crippen LogP contribution in [0.4, 0.5) is 0 Å². The van der Waals surface area contributed by atoms with Crippen LogP contribution in [0, 0.1) is 0 Å². The van der Waals surface area contributed by atoms with E-state index in [1.54, 1.807) is 43.2 Å². The molecule has 6 heteroatoms. The Morgan fingerprint density at radius 1 is 0.667 bits per heavy atom. The molecule has 0 fully saturated rings. The van der Waals surface area contributed by atoms with E-state index in [2.05, 4.69) is 0 Å². The number of methoxy groups -OCH3 is 3. The number of rotatable bonds is 12. The number of hydrogen-bond donors (Lipinski definition) is 0. The Labute approximate surface area is 247 Å². The third kappa shape index (κ3) is 7.55. The summed E-state index contributed by atoms with van der Waals surface area (Å²) in [6.07, 6.45) is 3.35. The van der Waals surface area contributed by atoms with Crippen molar-refractivity contribution in [2.24, 2.45) is 0 Å². The molecule has 0 spiro atoms. The van der Waals surface area contributed by atoms with Crippen molar-refractivity contribution in [2.45, 2.75) is 20.0 Å². The molecule has 4 rings (SSSR count). The van der Waals surface area contributed by atoms with Gasteiger partial charge in [0.1, 0.15) is 17.2 Å². The van der Waals surface area contributed by atoms with Crippen LogP contribution in [0.15, 0.2) is 114 Å². The number of ether oxygens (including phenoxy) is 3. The third-order valence-corrected chi connectivity index (χ3v) is 6.78. The number of ketones is 1. The molecule has 0 aliphatic heterocycles. The fraction of sp³-hybridized carbons (Fsp3) is 0.167. The van der Waals surface area contributed by atoms with E-state index in [1.807, 2.05) is 91.0 Å². The highest BCUT2D eigenvalue weighted by atomic mass is 16.5. The lowest BCUT2D eigenvalue weighted by Crippen LogP contribution is -2.33. The Morgan fingerprint density at radius 2 is 1.14 bits per heavy atom. The Morgan fingerprint density at radius 3 is 1.60 bits per heavy atom. The highest BCUT2D eigenvalue weighted by Gasteiger charge is 2.27. The zero-order chi connectivity index (χ0) is 29.9. The lowest BCUT2D eigenvalue weighted by atomic mass is 9.97. The average Bonchev–Trinajstić information content (AvgIpc) is 3.03. The maximum Gasteiger partial charge on any atom is 0.258 e. The molecule has 42 heavy (non-hydrogen) atoms. The van der Waals surface area contributed by atoms with E-state index in [0.717, 1.165) is 16.7 Å². The van der Waals surface area contributed by atoms with Crippen LogP contribution in [0.1, 0.15) is 29.2 Å². The molecule has 0 unspecified atom stereocenters. The first kappa shape index (κ1) is 29.9. The quantitative estimate of drug-likeness (QED) is 0.106. The zero-order valence-electron chi connectivity index (χ0n) is 24.4. The molecule has 0 aromatic heterocycles. The molecule has 0 saturated heterocycles. The van der Waals surface area contributed by atoms with E-state index >= 15 is 0 Å². The molecular weight excluding hydrogens is 526 g/mol. The van der Waals surface area contributed by atoms with E-state index < -0.39 is 11.7 Å². The number of nitrogens with zero attached hydrogens (tertiary/aromatic N) is 1. The molecule has 0 aliphatic carbocycles. The molecule has 4 aromatic carbocycles. The van der Waals surface area contributed by atoms with Gasteiger partial charge in [0, 0.05) is 25.2 Å². The number of carbonyl (C=O) groups is 2. The van der Waals surface area contributed by atoms with Crippen molar-refractivity contribution >= 4 is 23.8 Å². The van der Waals surface area contributed by atoms with Gasteiger partial charge in [0.05, 0.1) is 32.5 Å². The fourth-order valence-electron chi connectivity index (χ4n) is 4.60. The summed E-state index contributed by atoms with van der Waals surface area (Å²) in [6.45, 7) is 2.35. The summed E-state index contributed by atoms with van der Waals surface area (Å²) < 4.78 is 16.7. The van der Waals surface area contributed by atoms with Gasteiger partial charge in [0.25, 0.3) is 5.91 Å². The molecule has 6 nitrogen and oxygen atoms in total. The third-order valence-electron chi connectivity index (χ3n) is 6.78. The van der Waals surface area contributed by atoms with Gasteiger partial charge in [-0.05, 0) is 41.3 Å². The average molecular weight is 562 g/mol. The summed E-state index contributed by atoms with van der Waals surface area (Å²) in [5, 5.41) is 0. The van der Waals surface area contributed by atoms with E-state index in [1.165, 1.54) is 14.2 Å². The van der Waals surface area contributed by atoms with Crippen LogP contribution in [0.3, 0.4) is 0 Å². The van der Waals surface area contributed by atoms with Gasteiger partial charge in [-0.2, -0.15) is 0 Å². The van der Waals surface area contributed by atoms with Gasteiger partial charge in [0.15, 0.2) is 5.78 Å². The molecule has 0 N–H and O–H groups in total. The second-order valence-electron chi connectivity index (χ2n) is 9.70. The van der Waals surface area contributed by atoms with Crippen LogP contribution in [0.2, 0.25) is 0 Å². The zero-order valence-corrected chi connectivity index (χ0v) is 24.4. The number of hydrogen-bond acceptors (Lipinski definition) is 5. The monoisotopic (exact) mass is 561 g/mol. The van der Waals surface area contributed by atoms with Gasteiger partial charge in [-0.25, -0.2) is 0 Å². The van der Waals surface area contributed by atoms with Crippen molar-refractivity contribution in [1.29, 1.82) is 0 Å². The van der Waals surface area contributed by atoms with Crippen LogP contribution in [-0.2, 0) is 22.7 Å². The lowest BCUT2D eigenvalue weighted by molar-refractivity contribution is -0.130. The number of benzene rings is 4. The molecule has 1 amide bonds. The Bertz CT molecular complexity index is 1490. The summed E-state index contributed by atoms with van der Waals surface area (Å²) in [5.74, 6) is 0.539. The van der Waals surface area contributed by atoms with Gasteiger partial charge in [-0.1, -0.05) is 91.0 Å². The minimum absolute atomic E-state index is 0.00619. The maximum absolute atomic E-state index is 14.5. The Kier molecular flexibility index (Phi) is 10.3. The summed E-state index contributed by atoms with van der Waals surface area (Å²) >= 11 is 0. The van der Waals surface area contributed by atoms with Gasteiger partial charge < -0.3 is 19.1 Å². The van der Waals surface area contributed by atoms with Crippen LogP contribution >= 0.6 is 0 Å². The molecule has 0 aliphatic rings. The second kappa shape index (κ2) is 14.5. The van der Waals surface area contributed by atoms with Gasteiger partial charge in [-0.3, -0.25) is 9.59 Å².